The van der Waals surface area contributed by atoms with Gasteiger partial charge in [-0.2, -0.15) is 0 Å². The smallest absolute Gasteiger partial charge is 0.164 e. The van der Waals surface area contributed by atoms with Crippen molar-refractivity contribution in [2.24, 2.45) is 0 Å². The summed E-state index contributed by atoms with van der Waals surface area (Å²) in [6, 6.07) is 0. The van der Waals surface area contributed by atoms with Crippen molar-refractivity contribution in [1.82, 2.24) is 5.32 Å². The molecule has 1 heterocycles. The summed E-state index contributed by atoms with van der Waals surface area (Å²) in [7, 11) is 0. The second kappa shape index (κ2) is 0.518. The zero-order valence-corrected chi connectivity index (χ0v) is 2.73. The van der Waals surface area contributed by atoms with Gasteiger partial charge in [-0.15, -0.1) is 0 Å². The van der Waals surface area contributed by atoms with E-state index in [1.807, 2.05) is 0 Å². The first-order chi connectivity index (χ1) is 2.30. The quantitative estimate of drug-likeness (QED) is 0.375. The minimum absolute atomic E-state index is 0.394. The molecule has 0 aromatic carbocycles. The van der Waals surface area contributed by atoms with Crippen molar-refractivity contribution in [3.8, 4) is 0 Å². The predicted molar refractivity (Wildman–Crippen MR) is 18.3 cm³/mol. The first-order valence-electron chi connectivity index (χ1n) is 1.44. The average molecular weight is 71.1 g/mol. The number of aliphatic hydroxyl groups is 1. The number of rotatable bonds is 0. The molecular formula is C3H5NO. The molecule has 0 aromatic heterocycles. The highest BCUT2D eigenvalue weighted by Gasteiger charge is 2.20. The molecule has 5 heavy (non-hydrogen) atoms. The Hall–Kier alpha value is -0.500. The summed E-state index contributed by atoms with van der Waals surface area (Å²) in [6.07, 6.45) is -0.394. The summed E-state index contributed by atoms with van der Waals surface area (Å²) < 4.78 is 0. The summed E-state index contributed by atoms with van der Waals surface area (Å²) in [5.41, 5.74) is 0.727. The van der Waals surface area contributed by atoms with E-state index in [0.29, 0.717) is 0 Å². The van der Waals surface area contributed by atoms with Crippen LogP contribution in [0.1, 0.15) is 0 Å². The van der Waals surface area contributed by atoms with Crippen LogP contribution in [0.5, 0.6) is 0 Å². The largest absolute Gasteiger partial charge is 0.368 e. The Balaban J connectivity index is 2.47. The highest BCUT2D eigenvalue weighted by Crippen LogP contribution is 2.05. The van der Waals surface area contributed by atoms with Crippen LogP contribution in [0.2, 0.25) is 0 Å². The summed E-state index contributed by atoms with van der Waals surface area (Å²) in [6.45, 7) is 3.39. The topological polar surface area (TPSA) is 42.2 Å². The third-order valence-corrected chi connectivity index (χ3v) is 0.569. The molecule has 1 saturated heterocycles. The second-order valence-corrected chi connectivity index (χ2v) is 1.07. The van der Waals surface area contributed by atoms with Gasteiger partial charge in [-0.3, -0.25) is 0 Å². The number of nitrogens with one attached hydrogen (secondary N) is 1. The van der Waals surface area contributed by atoms with E-state index >= 15 is 0 Å². The molecule has 1 atom stereocenters. The van der Waals surface area contributed by atoms with Gasteiger partial charge in [-0.05, 0) is 0 Å². The Labute approximate surface area is 30.1 Å². The first-order valence-corrected chi connectivity index (χ1v) is 1.44. The molecule has 0 spiro atoms. The Bertz CT molecular complexity index is 69.3. The van der Waals surface area contributed by atoms with Crippen molar-refractivity contribution in [3.63, 3.8) is 0 Å². The van der Waals surface area contributed by atoms with Crippen molar-refractivity contribution in [1.29, 1.82) is 0 Å². The molecule has 0 aromatic rings. The van der Waals surface area contributed by atoms with Gasteiger partial charge in [-0.1, -0.05) is 6.58 Å². The Morgan fingerprint density at radius 2 is 2.20 bits per heavy atom. The lowest BCUT2D eigenvalue weighted by atomic mass is 10.7. The SMILES string of the molecule is C=C1NC1O. The fourth-order valence-corrected chi connectivity index (χ4v) is 0.134. The van der Waals surface area contributed by atoms with E-state index in [1.54, 1.807) is 0 Å². The lowest BCUT2D eigenvalue weighted by Crippen LogP contribution is -1.80. The van der Waals surface area contributed by atoms with Crippen molar-refractivity contribution in [2.75, 3.05) is 0 Å². The number of hydrogen-bond donors (Lipinski definition) is 2. The summed E-state index contributed by atoms with van der Waals surface area (Å²) in [5, 5.41) is 10.8. The van der Waals surface area contributed by atoms with E-state index in [-0.39, 0.29) is 0 Å². The standard InChI is InChI=1S/C3H5NO/c1-2-3(5)4-2/h3-5H,1H2. The van der Waals surface area contributed by atoms with Gasteiger partial charge in [0, 0.05) is 0 Å². The molecule has 2 nitrogen and oxygen atoms in total. The van der Waals surface area contributed by atoms with Crippen molar-refractivity contribution in [2.45, 2.75) is 6.23 Å². The zero-order chi connectivity index (χ0) is 3.86. The van der Waals surface area contributed by atoms with Gasteiger partial charge in [0.15, 0.2) is 6.23 Å². The molecule has 2 heteroatoms. The van der Waals surface area contributed by atoms with E-state index in [4.69, 9.17) is 5.11 Å². The molecule has 1 fully saturated rings. The number of aliphatic hydroxyl groups excluding tert-OH is 1. The molecule has 1 unspecified atom stereocenters. The predicted octanol–water partition coefficient (Wildman–Crippen LogP) is -0.578. The highest BCUT2D eigenvalue weighted by atomic mass is 16.3. The van der Waals surface area contributed by atoms with Gasteiger partial charge < -0.3 is 10.4 Å². The maximum absolute atomic E-state index is 8.22. The van der Waals surface area contributed by atoms with E-state index in [1.165, 1.54) is 0 Å². The van der Waals surface area contributed by atoms with Crippen molar-refractivity contribution < 1.29 is 5.11 Å². The molecular weight excluding hydrogens is 66.0 g/mol. The molecule has 0 aliphatic carbocycles. The van der Waals surface area contributed by atoms with Crippen LogP contribution in [0.15, 0.2) is 12.3 Å². The van der Waals surface area contributed by atoms with Gasteiger partial charge in [0.25, 0.3) is 0 Å². The van der Waals surface area contributed by atoms with E-state index < -0.39 is 6.23 Å². The molecule has 0 radical (unpaired) electrons. The normalized spacial score (nSPS) is 33.0. The summed E-state index contributed by atoms with van der Waals surface area (Å²) in [5.74, 6) is 0. The third-order valence-electron chi connectivity index (χ3n) is 0.569. The fourth-order valence-electron chi connectivity index (χ4n) is 0.134. The van der Waals surface area contributed by atoms with Crippen LogP contribution >= 0.6 is 0 Å². The lowest BCUT2D eigenvalue weighted by Gasteiger charge is -1.56. The maximum Gasteiger partial charge on any atom is 0.164 e. The summed E-state index contributed by atoms with van der Waals surface area (Å²) in [4.78, 5) is 0. The molecule has 0 saturated carbocycles. The van der Waals surface area contributed by atoms with Gasteiger partial charge in [0.2, 0.25) is 0 Å². The van der Waals surface area contributed by atoms with Crippen LogP contribution in [0, 0.1) is 0 Å². The Kier molecular flexibility index (Phi) is 0.282. The molecule has 28 valence electrons. The molecule has 1 aliphatic heterocycles. The van der Waals surface area contributed by atoms with Crippen LogP contribution in [0.25, 0.3) is 0 Å². The minimum Gasteiger partial charge on any atom is -0.368 e. The van der Waals surface area contributed by atoms with Crippen molar-refractivity contribution >= 4 is 0 Å². The second-order valence-electron chi connectivity index (χ2n) is 1.07. The van der Waals surface area contributed by atoms with Gasteiger partial charge >= 0.3 is 0 Å². The molecule has 2 N–H and O–H groups in total. The average Bonchev–Trinajstić information content (AvgIpc) is 1.79. The lowest BCUT2D eigenvalue weighted by molar-refractivity contribution is 0.280. The van der Waals surface area contributed by atoms with E-state index in [0.717, 1.165) is 5.70 Å². The zero-order valence-electron chi connectivity index (χ0n) is 2.73. The van der Waals surface area contributed by atoms with Crippen LogP contribution in [-0.4, -0.2) is 11.3 Å². The third kappa shape index (κ3) is 0.260. The molecule has 0 bridgehead atoms. The van der Waals surface area contributed by atoms with Crippen molar-refractivity contribution in [3.05, 3.63) is 12.3 Å². The summed E-state index contributed by atoms with van der Waals surface area (Å²) >= 11 is 0. The number of hydrogen-bond acceptors (Lipinski definition) is 2. The first kappa shape index (κ1) is 2.72. The van der Waals surface area contributed by atoms with Crippen LogP contribution in [0.4, 0.5) is 0 Å². The maximum atomic E-state index is 8.22. The van der Waals surface area contributed by atoms with Crippen LogP contribution in [-0.2, 0) is 0 Å². The monoisotopic (exact) mass is 71.0 g/mol. The Morgan fingerprint density at radius 1 is 2.00 bits per heavy atom. The minimum atomic E-state index is -0.394. The van der Waals surface area contributed by atoms with Gasteiger partial charge in [0.1, 0.15) is 0 Å². The molecule has 1 aliphatic rings. The van der Waals surface area contributed by atoms with Crippen LogP contribution in [0.3, 0.4) is 0 Å². The van der Waals surface area contributed by atoms with E-state index in [2.05, 4.69) is 11.9 Å². The van der Waals surface area contributed by atoms with Gasteiger partial charge in [-0.25, -0.2) is 0 Å². The van der Waals surface area contributed by atoms with E-state index in [9.17, 15) is 0 Å². The fraction of sp³-hybridized carbons (Fsp3) is 0.333. The van der Waals surface area contributed by atoms with Crippen LogP contribution < -0.4 is 5.32 Å². The van der Waals surface area contributed by atoms with Gasteiger partial charge in [0.05, 0.1) is 5.70 Å². The highest BCUT2D eigenvalue weighted by molar-refractivity contribution is 5.14. The Morgan fingerprint density at radius 3 is 2.20 bits per heavy atom. The molecule has 1 rings (SSSR count). The molecule has 0 amide bonds.